The van der Waals surface area contributed by atoms with E-state index in [1.54, 1.807) is 19.2 Å². The molecule has 0 radical (unpaired) electrons. The number of benzene rings is 1. The zero-order valence-electron chi connectivity index (χ0n) is 13.9. The quantitative estimate of drug-likeness (QED) is 0.711. The van der Waals surface area contributed by atoms with Crippen LogP contribution in [-0.2, 0) is 18.0 Å². The van der Waals surface area contributed by atoms with Crippen LogP contribution in [0, 0.1) is 0 Å². The highest BCUT2D eigenvalue weighted by molar-refractivity contribution is 5.95. The van der Waals surface area contributed by atoms with Crippen molar-refractivity contribution in [1.82, 2.24) is 9.61 Å². The monoisotopic (exact) mass is 342 g/mol. The van der Waals surface area contributed by atoms with E-state index in [1.165, 1.54) is 17.7 Å². The van der Waals surface area contributed by atoms with Crippen LogP contribution in [0.4, 0.5) is 0 Å². The van der Waals surface area contributed by atoms with E-state index in [4.69, 9.17) is 14.2 Å². The summed E-state index contributed by atoms with van der Waals surface area (Å²) in [5.74, 6) is 0.233. The molecule has 0 atom stereocenters. The third-order valence-corrected chi connectivity index (χ3v) is 3.75. The Morgan fingerprint density at radius 3 is 2.48 bits per heavy atom. The summed E-state index contributed by atoms with van der Waals surface area (Å²) in [6, 6.07) is 12.4. The predicted molar refractivity (Wildman–Crippen MR) is 90.2 cm³/mol. The third kappa shape index (κ3) is 3.56. The van der Waals surface area contributed by atoms with Crippen molar-refractivity contribution >= 4 is 11.5 Å². The lowest BCUT2D eigenvalue weighted by Gasteiger charge is -2.05. The number of carbonyl (C=O) groups is 1. The molecule has 0 aliphatic carbocycles. The second-order valence-corrected chi connectivity index (χ2v) is 5.37. The third-order valence-electron chi connectivity index (χ3n) is 3.75. The zero-order valence-corrected chi connectivity index (χ0v) is 13.9. The fourth-order valence-electron chi connectivity index (χ4n) is 2.50. The first kappa shape index (κ1) is 16.8. The molecule has 0 saturated heterocycles. The van der Waals surface area contributed by atoms with Gasteiger partial charge in [0, 0.05) is 6.07 Å². The van der Waals surface area contributed by atoms with E-state index in [2.05, 4.69) is 5.10 Å². The maximum Gasteiger partial charge on any atom is 0.337 e. The molecule has 3 rings (SSSR count). The summed E-state index contributed by atoms with van der Waals surface area (Å²) in [7, 11) is 3.13. The Morgan fingerprint density at radius 2 is 1.84 bits per heavy atom. The number of nitrogens with zero attached hydrogens (tertiary/aromatic N) is 2. The van der Waals surface area contributed by atoms with Gasteiger partial charge in [-0.15, -0.1) is 0 Å². The van der Waals surface area contributed by atoms with Crippen LogP contribution in [0.5, 0.6) is 11.6 Å². The highest BCUT2D eigenvalue weighted by Gasteiger charge is 2.15. The number of carboxylic acid groups (broad SMARTS) is 1. The molecule has 3 aromatic rings. The van der Waals surface area contributed by atoms with E-state index in [-0.39, 0.29) is 12.2 Å². The molecule has 0 unspecified atom stereocenters. The largest absolute Gasteiger partial charge is 0.497 e. The molecule has 1 N–H and O–H groups in total. The number of methoxy groups -OCH3 is 2. The first-order valence-corrected chi connectivity index (χ1v) is 7.62. The smallest absolute Gasteiger partial charge is 0.337 e. The highest BCUT2D eigenvalue weighted by Crippen LogP contribution is 2.21. The Bertz CT molecular complexity index is 886. The van der Waals surface area contributed by atoms with E-state index in [1.807, 2.05) is 24.3 Å². The Morgan fingerprint density at radius 1 is 1.08 bits per heavy atom. The molecular formula is C18H18N2O5. The van der Waals surface area contributed by atoms with E-state index in [0.29, 0.717) is 23.7 Å². The average Bonchev–Trinajstić information content (AvgIpc) is 3.05. The van der Waals surface area contributed by atoms with Crippen LogP contribution < -0.4 is 9.47 Å². The van der Waals surface area contributed by atoms with Crippen molar-refractivity contribution in [2.75, 3.05) is 14.2 Å². The first-order chi connectivity index (χ1) is 12.1. The van der Waals surface area contributed by atoms with Crippen molar-refractivity contribution in [1.29, 1.82) is 0 Å². The van der Waals surface area contributed by atoms with Gasteiger partial charge in [-0.1, -0.05) is 12.1 Å². The second-order valence-electron chi connectivity index (χ2n) is 5.37. The van der Waals surface area contributed by atoms with Crippen LogP contribution in [-0.4, -0.2) is 34.9 Å². The molecular weight excluding hydrogens is 324 g/mol. The van der Waals surface area contributed by atoms with Crippen molar-refractivity contribution in [3.63, 3.8) is 0 Å². The van der Waals surface area contributed by atoms with Gasteiger partial charge >= 0.3 is 5.97 Å². The minimum Gasteiger partial charge on any atom is -0.497 e. The van der Waals surface area contributed by atoms with Gasteiger partial charge in [0.05, 0.1) is 44.2 Å². The van der Waals surface area contributed by atoms with E-state index < -0.39 is 5.97 Å². The number of aromatic nitrogens is 2. The number of rotatable bonds is 7. The van der Waals surface area contributed by atoms with Crippen molar-refractivity contribution in [3.05, 3.63) is 59.3 Å². The van der Waals surface area contributed by atoms with Gasteiger partial charge in [0.15, 0.2) is 0 Å². The molecule has 0 aliphatic rings. The molecule has 0 spiro atoms. The summed E-state index contributed by atoms with van der Waals surface area (Å²) in [6.45, 7) is 0.677. The molecule has 7 nitrogen and oxygen atoms in total. The maximum atomic E-state index is 11.4. The van der Waals surface area contributed by atoms with Gasteiger partial charge in [-0.2, -0.15) is 9.61 Å². The normalized spacial score (nSPS) is 10.8. The van der Waals surface area contributed by atoms with Gasteiger partial charge in [-0.05, 0) is 29.8 Å². The molecule has 7 heteroatoms. The van der Waals surface area contributed by atoms with Gasteiger partial charge in [-0.3, -0.25) is 0 Å². The lowest BCUT2D eigenvalue weighted by atomic mass is 10.2. The van der Waals surface area contributed by atoms with Crippen molar-refractivity contribution in [2.45, 2.75) is 13.2 Å². The lowest BCUT2D eigenvalue weighted by Crippen LogP contribution is -2.03. The summed E-state index contributed by atoms with van der Waals surface area (Å²) in [6.07, 6.45) is 0. The molecule has 0 bridgehead atoms. The van der Waals surface area contributed by atoms with Crippen LogP contribution in [0.15, 0.2) is 42.5 Å². The summed E-state index contributed by atoms with van der Waals surface area (Å²) >= 11 is 0. The highest BCUT2D eigenvalue weighted by atomic mass is 16.5. The number of pyridine rings is 1. The van der Waals surface area contributed by atoms with Crippen LogP contribution >= 0.6 is 0 Å². The molecule has 130 valence electrons. The Labute approximate surface area is 144 Å². The van der Waals surface area contributed by atoms with Crippen LogP contribution in [0.3, 0.4) is 0 Å². The Balaban J connectivity index is 1.75. The molecule has 0 aliphatic heterocycles. The van der Waals surface area contributed by atoms with Gasteiger partial charge < -0.3 is 19.3 Å². The minimum atomic E-state index is -1.02. The standard InChI is InChI=1S/C18H18N2O5/c1-23-14-5-3-12(4-6-14)10-25-11-13-9-16-15(18(21)22)7-8-17(24-2)20(16)19-13/h3-9H,10-11H2,1-2H3,(H,21,22). The number of hydrogen-bond donors (Lipinski definition) is 1. The van der Waals surface area contributed by atoms with Crippen LogP contribution in [0.2, 0.25) is 0 Å². The first-order valence-electron chi connectivity index (χ1n) is 7.62. The molecule has 0 fully saturated rings. The van der Waals surface area contributed by atoms with Crippen LogP contribution in [0.25, 0.3) is 5.52 Å². The van der Waals surface area contributed by atoms with Gasteiger partial charge in [-0.25, -0.2) is 4.79 Å². The van der Waals surface area contributed by atoms with Crippen molar-refractivity contribution < 1.29 is 24.1 Å². The Kier molecular flexibility index (Phi) is 4.85. The molecule has 2 aromatic heterocycles. The van der Waals surface area contributed by atoms with Gasteiger partial charge in [0.25, 0.3) is 0 Å². The summed E-state index contributed by atoms with van der Waals surface area (Å²) in [5, 5.41) is 13.7. The number of ether oxygens (including phenoxy) is 3. The topological polar surface area (TPSA) is 82.3 Å². The maximum absolute atomic E-state index is 11.4. The Hall–Kier alpha value is -3.06. The molecule has 0 amide bonds. The summed E-state index contributed by atoms with van der Waals surface area (Å²) in [5.41, 5.74) is 2.26. The number of hydrogen-bond acceptors (Lipinski definition) is 5. The SMILES string of the molecule is COc1ccc(COCc2cc3c(C(=O)O)ccc(OC)n3n2)cc1. The van der Waals surface area contributed by atoms with E-state index in [0.717, 1.165) is 11.3 Å². The summed E-state index contributed by atoms with van der Waals surface area (Å²) in [4.78, 5) is 11.4. The van der Waals surface area contributed by atoms with Crippen molar-refractivity contribution in [2.24, 2.45) is 0 Å². The summed E-state index contributed by atoms with van der Waals surface area (Å²) < 4.78 is 17.5. The fraction of sp³-hybridized carbons (Fsp3) is 0.222. The van der Waals surface area contributed by atoms with Crippen LogP contribution in [0.1, 0.15) is 21.6 Å². The number of aromatic carboxylic acids is 1. The van der Waals surface area contributed by atoms with Gasteiger partial charge in [0.1, 0.15) is 5.75 Å². The molecule has 0 saturated carbocycles. The minimum absolute atomic E-state index is 0.162. The van der Waals surface area contributed by atoms with E-state index in [9.17, 15) is 9.90 Å². The molecule has 2 heterocycles. The number of fused-ring (bicyclic) bond motifs is 1. The molecule has 25 heavy (non-hydrogen) atoms. The second kappa shape index (κ2) is 7.23. The fourth-order valence-corrected chi connectivity index (χ4v) is 2.50. The lowest BCUT2D eigenvalue weighted by molar-refractivity contribution is 0.0698. The zero-order chi connectivity index (χ0) is 17.8. The van der Waals surface area contributed by atoms with Crippen molar-refractivity contribution in [3.8, 4) is 11.6 Å². The molecule has 1 aromatic carbocycles. The number of carboxylic acids is 1. The van der Waals surface area contributed by atoms with E-state index >= 15 is 0 Å². The average molecular weight is 342 g/mol. The van der Waals surface area contributed by atoms with Gasteiger partial charge in [0.2, 0.25) is 5.88 Å². The predicted octanol–water partition coefficient (Wildman–Crippen LogP) is 2.77.